The van der Waals surface area contributed by atoms with Crippen LogP contribution in [0.15, 0.2) is 53.4 Å². The van der Waals surface area contributed by atoms with Gasteiger partial charge in [-0.3, -0.25) is 14.9 Å². The van der Waals surface area contributed by atoms with Crippen LogP contribution in [0, 0.1) is 10.1 Å². The van der Waals surface area contributed by atoms with E-state index in [1.165, 1.54) is 57.4 Å². The molecule has 0 saturated carbocycles. The maximum absolute atomic E-state index is 12.2. The van der Waals surface area contributed by atoms with Gasteiger partial charge in [0.05, 0.1) is 9.82 Å². The summed E-state index contributed by atoms with van der Waals surface area (Å²) in [4.78, 5) is 34.6. The smallest absolute Gasteiger partial charge is 0.328 e. The van der Waals surface area contributed by atoms with Gasteiger partial charge in [-0.05, 0) is 30.7 Å². The molecule has 0 aliphatic heterocycles. The van der Waals surface area contributed by atoms with E-state index in [2.05, 4.69) is 5.32 Å². The second kappa shape index (κ2) is 9.46. The molecule has 2 aromatic rings. The van der Waals surface area contributed by atoms with E-state index in [-0.39, 0.29) is 22.8 Å². The van der Waals surface area contributed by atoms with Crippen LogP contribution in [0.25, 0.3) is 0 Å². The Kier molecular flexibility index (Phi) is 7.24. The number of hydrogen-bond donors (Lipinski definition) is 1. The van der Waals surface area contributed by atoms with Crippen LogP contribution in [0.3, 0.4) is 0 Å². The third kappa shape index (κ3) is 5.61. The van der Waals surface area contributed by atoms with Crippen molar-refractivity contribution in [2.75, 3.05) is 14.1 Å². The lowest BCUT2D eigenvalue weighted by Gasteiger charge is -2.15. The number of rotatable bonds is 8. The Labute approximate surface area is 173 Å². The fraction of sp³-hybridized carbons (Fsp3) is 0.263. The standard InChI is InChI=1S/C19H21N3O7S/c1-13(20-18(23)15-7-5-8-16(11-15)22(25)26)19(24)29-12-14-6-4-9-17(10-14)30(27,28)21(2)3/h4-11,13H,12H2,1-3H3,(H,20,23). The Morgan fingerprint density at radius 2 is 1.83 bits per heavy atom. The van der Waals surface area contributed by atoms with Crippen molar-refractivity contribution >= 4 is 27.6 Å². The minimum atomic E-state index is -3.62. The number of carbonyl (C=O) groups excluding carboxylic acids is 2. The van der Waals surface area contributed by atoms with Gasteiger partial charge in [0.25, 0.3) is 11.6 Å². The van der Waals surface area contributed by atoms with Gasteiger partial charge in [-0.15, -0.1) is 0 Å². The van der Waals surface area contributed by atoms with Crippen molar-refractivity contribution in [3.8, 4) is 0 Å². The summed E-state index contributed by atoms with van der Waals surface area (Å²) >= 11 is 0. The number of sulfonamides is 1. The summed E-state index contributed by atoms with van der Waals surface area (Å²) in [5.41, 5.74) is 0.249. The molecule has 0 fully saturated rings. The van der Waals surface area contributed by atoms with E-state index >= 15 is 0 Å². The van der Waals surface area contributed by atoms with Crippen molar-refractivity contribution in [3.63, 3.8) is 0 Å². The first kappa shape index (κ1) is 23.0. The molecule has 0 bridgehead atoms. The van der Waals surface area contributed by atoms with E-state index in [1.807, 2.05) is 0 Å². The third-order valence-corrected chi connectivity index (χ3v) is 5.89. The largest absolute Gasteiger partial charge is 0.459 e. The SMILES string of the molecule is CC(NC(=O)c1cccc([N+](=O)[O-])c1)C(=O)OCc1cccc(S(=O)(=O)N(C)C)c1. The highest BCUT2D eigenvalue weighted by molar-refractivity contribution is 7.89. The lowest BCUT2D eigenvalue weighted by molar-refractivity contribution is -0.384. The molecule has 0 aliphatic carbocycles. The topological polar surface area (TPSA) is 136 Å². The zero-order chi connectivity index (χ0) is 22.5. The van der Waals surface area contributed by atoms with Crippen molar-refractivity contribution in [1.82, 2.24) is 9.62 Å². The number of nitro groups is 1. The maximum Gasteiger partial charge on any atom is 0.328 e. The van der Waals surface area contributed by atoms with Gasteiger partial charge in [0.2, 0.25) is 10.0 Å². The Balaban J connectivity index is 1.99. The molecular weight excluding hydrogens is 414 g/mol. The van der Waals surface area contributed by atoms with Gasteiger partial charge in [0.15, 0.2) is 0 Å². The van der Waals surface area contributed by atoms with E-state index in [4.69, 9.17) is 4.74 Å². The molecule has 0 saturated heterocycles. The lowest BCUT2D eigenvalue weighted by atomic mass is 10.2. The fourth-order valence-electron chi connectivity index (χ4n) is 2.39. The third-order valence-electron chi connectivity index (χ3n) is 4.08. The molecule has 10 nitrogen and oxygen atoms in total. The number of benzene rings is 2. The molecule has 1 amide bonds. The molecule has 30 heavy (non-hydrogen) atoms. The Hall–Kier alpha value is -3.31. The van der Waals surface area contributed by atoms with E-state index < -0.39 is 32.9 Å². The molecule has 0 radical (unpaired) electrons. The lowest BCUT2D eigenvalue weighted by Crippen LogP contribution is -2.39. The van der Waals surface area contributed by atoms with E-state index in [9.17, 15) is 28.1 Å². The molecule has 160 valence electrons. The number of nitro benzene ring substituents is 1. The number of nitrogens with one attached hydrogen (secondary N) is 1. The normalized spacial score (nSPS) is 12.3. The number of carbonyl (C=O) groups is 2. The fourth-order valence-corrected chi connectivity index (χ4v) is 3.36. The molecule has 1 N–H and O–H groups in total. The average molecular weight is 435 g/mol. The molecular formula is C19H21N3O7S. The highest BCUT2D eigenvalue weighted by atomic mass is 32.2. The first-order valence-corrected chi connectivity index (χ1v) is 10.2. The summed E-state index contributed by atoms with van der Waals surface area (Å²) in [5, 5.41) is 13.2. The molecule has 0 spiro atoms. The number of esters is 1. The zero-order valence-corrected chi connectivity index (χ0v) is 17.4. The average Bonchev–Trinajstić information content (AvgIpc) is 2.72. The van der Waals surface area contributed by atoms with Gasteiger partial charge in [-0.2, -0.15) is 0 Å². The van der Waals surface area contributed by atoms with E-state index in [0.29, 0.717) is 5.56 Å². The summed E-state index contributed by atoms with van der Waals surface area (Å²) in [6.07, 6.45) is 0. The van der Waals surface area contributed by atoms with Crippen LogP contribution in [0.1, 0.15) is 22.8 Å². The summed E-state index contributed by atoms with van der Waals surface area (Å²) < 4.78 is 30.6. The first-order chi connectivity index (χ1) is 14.0. The summed E-state index contributed by atoms with van der Waals surface area (Å²) in [7, 11) is -0.802. The summed E-state index contributed by atoms with van der Waals surface area (Å²) in [6, 6.07) is 10.1. The minimum absolute atomic E-state index is 0.0328. The van der Waals surface area contributed by atoms with Crippen LogP contribution < -0.4 is 5.32 Å². The number of ether oxygens (including phenoxy) is 1. The molecule has 11 heteroatoms. The quantitative estimate of drug-likeness (QED) is 0.379. The zero-order valence-electron chi connectivity index (χ0n) is 16.6. The van der Waals surface area contributed by atoms with Crippen LogP contribution in [0.4, 0.5) is 5.69 Å². The molecule has 1 unspecified atom stereocenters. The number of amides is 1. The van der Waals surface area contributed by atoms with Crippen LogP contribution >= 0.6 is 0 Å². The second-order valence-electron chi connectivity index (χ2n) is 6.55. The van der Waals surface area contributed by atoms with Crippen molar-refractivity contribution in [2.24, 2.45) is 0 Å². The van der Waals surface area contributed by atoms with Gasteiger partial charge >= 0.3 is 5.97 Å². The molecule has 2 aromatic carbocycles. The molecule has 0 heterocycles. The van der Waals surface area contributed by atoms with Crippen LogP contribution in [-0.4, -0.2) is 49.7 Å². The Morgan fingerprint density at radius 3 is 2.47 bits per heavy atom. The summed E-state index contributed by atoms with van der Waals surface area (Å²) in [5.74, 6) is -1.41. The number of non-ortho nitro benzene ring substituents is 1. The number of hydrogen-bond acceptors (Lipinski definition) is 7. The van der Waals surface area contributed by atoms with Crippen molar-refractivity contribution in [3.05, 3.63) is 69.8 Å². The first-order valence-electron chi connectivity index (χ1n) is 8.76. The van der Waals surface area contributed by atoms with Crippen LogP contribution in [0.5, 0.6) is 0 Å². The molecule has 2 rings (SSSR count). The predicted molar refractivity (Wildman–Crippen MR) is 107 cm³/mol. The van der Waals surface area contributed by atoms with Gasteiger partial charge in [0, 0.05) is 31.8 Å². The highest BCUT2D eigenvalue weighted by Crippen LogP contribution is 2.16. The van der Waals surface area contributed by atoms with Crippen molar-refractivity contribution < 1.29 is 27.7 Å². The minimum Gasteiger partial charge on any atom is -0.459 e. The summed E-state index contributed by atoms with van der Waals surface area (Å²) in [6.45, 7) is 1.22. The predicted octanol–water partition coefficient (Wildman–Crippen LogP) is 1.71. The van der Waals surface area contributed by atoms with E-state index in [1.54, 1.807) is 6.07 Å². The molecule has 0 aromatic heterocycles. The molecule has 0 aliphatic rings. The molecule has 1 atom stereocenters. The van der Waals surface area contributed by atoms with Gasteiger partial charge in [-0.1, -0.05) is 18.2 Å². The van der Waals surface area contributed by atoms with Gasteiger partial charge in [0.1, 0.15) is 12.6 Å². The van der Waals surface area contributed by atoms with Crippen molar-refractivity contribution in [2.45, 2.75) is 24.5 Å². The number of nitrogens with zero attached hydrogens (tertiary/aromatic N) is 2. The Morgan fingerprint density at radius 1 is 1.17 bits per heavy atom. The van der Waals surface area contributed by atoms with Crippen LogP contribution in [0.2, 0.25) is 0 Å². The van der Waals surface area contributed by atoms with Gasteiger partial charge < -0.3 is 10.1 Å². The van der Waals surface area contributed by atoms with E-state index in [0.717, 1.165) is 10.4 Å². The monoisotopic (exact) mass is 435 g/mol. The van der Waals surface area contributed by atoms with Gasteiger partial charge in [-0.25, -0.2) is 17.5 Å². The highest BCUT2D eigenvalue weighted by Gasteiger charge is 2.20. The maximum atomic E-state index is 12.2. The van der Waals surface area contributed by atoms with Crippen LogP contribution in [-0.2, 0) is 26.2 Å². The second-order valence-corrected chi connectivity index (χ2v) is 8.70. The Bertz CT molecular complexity index is 1070. The van der Waals surface area contributed by atoms with Crippen molar-refractivity contribution in [1.29, 1.82) is 0 Å².